The zero-order valence-electron chi connectivity index (χ0n) is 31.8. The summed E-state index contributed by atoms with van der Waals surface area (Å²) in [7, 11) is 0. The van der Waals surface area contributed by atoms with E-state index in [1.807, 2.05) is 55.4 Å². The van der Waals surface area contributed by atoms with Crippen LogP contribution in [0.25, 0.3) is 0 Å². The average molecular weight is 721 g/mol. The van der Waals surface area contributed by atoms with Crippen molar-refractivity contribution in [1.82, 2.24) is 19.9 Å². The molecule has 0 aromatic carbocycles. The fraction of sp³-hybridized carbons (Fsp3) is 0.378. The lowest BCUT2D eigenvalue weighted by Crippen LogP contribution is -2.27. The van der Waals surface area contributed by atoms with Crippen LogP contribution in [-0.4, -0.2) is 60.1 Å². The SMILES string of the molecule is CC(C)(C)OC(=O)Nc1ccncc1.CC(C)(C)OC(=O)Nc1ccncc1O.Cc1cnccc1N.Cc1cnccc1NC(=O)OC(C)(C)C. The van der Waals surface area contributed by atoms with Crippen molar-refractivity contribution in [3.05, 3.63) is 91.0 Å². The summed E-state index contributed by atoms with van der Waals surface area (Å²) in [5.41, 5.74) is 8.38. The molecule has 4 aromatic heterocycles. The number of aromatic hydroxyl groups is 1. The molecule has 0 unspecified atom stereocenters. The van der Waals surface area contributed by atoms with Gasteiger partial charge in [-0.25, -0.2) is 14.4 Å². The summed E-state index contributed by atoms with van der Waals surface area (Å²) in [5.74, 6) is -0.0941. The highest BCUT2D eigenvalue weighted by Gasteiger charge is 2.18. The van der Waals surface area contributed by atoms with Crippen LogP contribution in [0.1, 0.15) is 73.4 Å². The molecule has 0 radical (unpaired) electrons. The predicted molar refractivity (Wildman–Crippen MR) is 202 cm³/mol. The van der Waals surface area contributed by atoms with Crippen LogP contribution in [0.3, 0.4) is 0 Å². The Morgan fingerprint density at radius 2 is 0.942 bits per heavy atom. The van der Waals surface area contributed by atoms with E-state index in [0.717, 1.165) is 22.5 Å². The summed E-state index contributed by atoms with van der Waals surface area (Å²) >= 11 is 0. The first-order valence-electron chi connectivity index (χ1n) is 16.1. The number of anilines is 4. The fourth-order valence-corrected chi connectivity index (χ4v) is 3.27. The number of aryl methyl sites for hydroxylation is 2. The van der Waals surface area contributed by atoms with E-state index in [0.29, 0.717) is 5.69 Å². The van der Waals surface area contributed by atoms with Gasteiger partial charge in [-0.15, -0.1) is 0 Å². The normalized spacial score (nSPS) is 10.6. The molecule has 3 amide bonds. The standard InChI is InChI=1S/C11H16N2O2.C10H14N2O3.C10H14N2O2.C6H8N2/c1-8-7-12-6-5-9(8)13-10(14)15-11(2,3)4;1-10(2,3)15-9(14)12-7-4-5-11-6-8(7)13;1-10(2,3)14-9(13)12-8-4-6-11-7-5-8;1-5-4-8-3-2-6(5)7/h5-7H,1-4H3,(H,12,13,14);4-6,13H,1-3H3,(H,11,12,14);4-7H,1-3H3,(H,11,12,13);2-4H,1H3,(H2,7,8). The third kappa shape index (κ3) is 21.2. The lowest BCUT2D eigenvalue weighted by Gasteiger charge is -2.20. The van der Waals surface area contributed by atoms with Crippen LogP contribution in [0.2, 0.25) is 0 Å². The van der Waals surface area contributed by atoms with Crippen molar-refractivity contribution < 1.29 is 33.7 Å². The molecule has 0 aliphatic carbocycles. The number of nitrogens with zero attached hydrogens (tertiary/aromatic N) is 4. The van der Waals surface area contributed by atoms with Gasteiger partial charge in [-0.3, -0.25) is 35.9 Å². The van der Waals surface area contributed by atoms with Crippen LogP contribution in [0, 0.1) is 13.8 Å². The number of nitrogens with one attached hydrogen (secondary N) is 3. The Hall–Kier alpha value is -5.99. The van der Waals surface area contributed by atoms with E-state index in [1.54, 1.807) is 82.2 Å². The summed E-state index contributed by atoms with van der Waals surface area (Å²) in [6.07, 6.45) is 11.1. The average Bonchev–Trinajstić information content (AvgIpc) is 3.00. The molecule has 15 heteroatoms. The number of nitrogens with two attached hydrogens (primary N) is 1. The molecule has 0 atom stereocenters. The van der Waals surface area contributed by atoms with E-state index in [9.17, 15) is 19.5 Å². The molecule has 52 heavy (non-hydrogen) atoms. The summed E-state index contributed by atoms with van der Waals surface area (Å²) in [5, 5.41) is 17.0. The summed E-state index contributed by atoms with van der Waals surface area (Å²) in [6, 6.07) is 8.40. The lowest BCUT2D eigenvalue weighted by atomic mass is 10.2. The quantitative estimate of drug-likeness (QED) is 0.127. The molecule has 0 bridgehead atoms. The molecule has 0 spiro atoms. The Labute approximate surface area is 305 Å². The Morgan fingerprint density at radius 1 is 0.558 bits per heavy atom. The second-order valence-corrected chi connectivity index (χ2v) is 13.9. The second kappa shape index (κ2) is 20.6. The number of hydrogen-bond acceptors (Lipinski definition) is 12. The van der Waals surface area contributed by atoms with E-state index >= 15 is 0 Å². The zero-order valence-corrected chi connectivity index (χ0v) is 31.8. The van der Waals surface area contributed by atoms with E-state index in [2.05, 4.69) is 35.9 Å². The molecule has 0 saturated heterocycles. The molecular formula is C37H52N8O7. The van der Waals surface area contributed by atoms with Crippen LogP contribution in [0.15, 0.2) is 79.9 Å². The second-order valence-electron chi connectivity index (χ2n) is 13.9. The van der Waals surface area contributed by atoms with Gasteiger partial charge in [-0.1, -0.05) is 0 Å². The highest BCUT2D eigenvalue weighted by atomic mass is 16.6. The van der Waals surface area contributed by atoms with Gasteiger partial charge in [0.25, 0.3) is 0 Å². The summed E-state index contributed by atoms with van der Waals surface area (Å²) in [6.45, 7) is 20.0. The number of rotatable bonds is 3. The molecule has 0 aliphatic rings. The van der Waals surface area contributed by atoms with Crippen LogP contribution >= 0.6 is 0 Å². The first kappa shape index (κ1) is 44.0. The van der Waals surface area contributed by atoms with Crippen LogP contribution in [-0.2, 0) is 14.2 Å². The van der Waals surface area contributed by atoms with Crippen molar-refractivity contribution in [3.8, 4) is 5.75 Å². The number of carbonyl (C=O) groups is 3. The van der Waals surface area contributed by atoms with Crippen molar-refractivity contribution in [3.63, 3.8) is 0 Å². The molecule has 15 nitrogen and oxygen atoms in total. The monoisotopic (exact) mass is 720 g/mol. The van der Waals surface area contributed by atoms with Crippen molar-refractivity contribution in [2.75, 3.05) is 21.7 Å². The van der Waals surface area contributed by atoms with Gasteiger partial charge < -0.3 is 25.1 Å². The Kier molecular flexibility index (Phi) is 17.5. The fourth-order valence-electron chi connectivity index (χ4n) is 3.27. The zero-order chi connectivity index (χ0) is 39.5. The number of nitrogen functional groups attached to an aromatic ring is 1. The van der Waals surface area contributed by atoms with Crippen LogP contribution in [0.4, 0.5) is 37.1 Å². The lowest BCUT2D eigenvalue weighted by molar-refractivity contribution is 0.0624. The summed E-state index contributed by atoms with van der Waals surface area (Å²) < 4.78 is 15.2. The number of carbonyl (C=O) groups excluding carboxylic acids is 3. The van der Waals surface area contributed by atoms with Crippen molar-refractivity contribution >= 4 is 41.0 Å². The van der Waals surface area contributed by atoms with Crippen molar-refractivity contribution in [1.29, 1.82) is 0 Å². The Bertz CT molecular complexity index is 1610. The minimum Gasteiger partial charge on any atom is -0.504 e. The summed E-state index contributed by atoms with van der Waals surface area (Å²) in [4.78, 5) is 49.3. The third-order valence-electron chi connectivity index (χ3n) is 5.48. The van der Waals surface area contributed by atoms with Crippen molar-refractivity contribution in [2.45, 2.75) is 93.0 Å². The van der Waals surface area contributed by atoms with Gasteiger partial charge in [-0.2, -0.15) is 0 Å². The van der Waals surface area contributed by atoms with E-state index in [4.69, 9.17) is 19.9 Å². The van der Waals surface area contributed by atoms with Gasteiger partial charge in [0.15, 0.2) is 5.75 Å². The molecule has 0 aliphatic heterocycles. The number of hydrogen-bond donors (Lipinski definition) is 5. The van der Waals surface area contributed by atoms with E-state index in [-0.39, 0.29) is 11.4 Å². The molecule has 4 heterocycles. The highest BCUT2D eigenvalue weighted by Crippen LogP contribution is 2.21. The van der Waals surface area contributed by atoms with Crippen LogP contribution in [0.5, 0.6) is 5.75 Å². The Morgan fingerprint density at radius 3 is 1.35 bits per heavy atom. The first-order chi connectivity index (χ1) is 24.0. The minimum absolute atomic E-state index is 0.0941. The van der Waals surface area contributed by atoms with Gasteiger partial charge in [0.05, 0.1) is 11.9 Å². The molecule has 282 valence electrons. The first-order valence-corrected chi connectivity index (χ1v) is 16.1. The third-order valence-corrected chi connectivity index (χ3v) is 5.48. The number of amides is 3. The number of pyridine rings is 4. The smallest absolute Gasteiger partial charge is 0.412 e. The molecule has 0 fully saturated rings. The molecule has 4 rings (SSSR count). The topological polar surface area (TPSA) is 213 Å². The Balaban J connectivity index is 0.000000354. The minimum atomic E-state index is -0.607. The van der Waals surface area contributed by atoms with E-state index in [1.165, 1.54) is 18.5 Å². The maximum Gasteiger partial charge on any atom is 0.412 e. The molecule has 4 aromatic rings. The van der Waals surface area contributed by atoms with Gasteiger partial charge >= 0.3 is 18.3 Å². The molecule has 0 saturated carbocycles. The number of aromatic nitrogens is 4. The van der Waals surface area contributed by atoms with Crippen molar-refractivity contribution in [2.24, 2.45) is 0 Å². The molecular weight excluding hydrogens is 668 g/mol. The van der Waals surface area contributed by atoms with Gasteiger partial charge in [-0.05, 0) is 118 Å². The maximum absolute atomic E-state index is 11.4. The van der Waals surface area contributed by atoms with Gasteiger partial charge in [0, 0.05) is 60.4 Å². The molecule has 6 N–H and O–H groups in total. The highest BCUT2D eigenvalue weighted by molar-refractivity contribution is 5.87. The maximum atomic E-state index is 11.4. The van der Waals surface area contributed by atoms with Gasteiger partial charge in [0.2, 0.25) is 0 Å². The van der Waals surface area contributed by atoms with E-state index < -0.39 is 35.1 Å². The van der Waals surface area contributed by atoms with Gasteiger partial charge in [0.1, 0.15) is 16.8 Å². The predicted octanol–water partition coefficient (Wildman–Crippen LogP) is 8.27. The van der Waals surface area contributed by atoms with Crippen LogP contribution < -0.4 is 21.7 Å². The largest absolute Gasteiger partial charge is 0.504 e. The number of ether oxygens (including phenoxy) is 3.